The van der Waals surface area contributed by atoms with E-state index in [-0.39, 0.29) is 0 Å². The van der Waals surface area contributed by atoms with Crippen LogP contribution < -0.4 is 11.2 Å². The van der Waals surface area contributed by atoms with Crippen molar-refractivity contribution in [2.45, 2.75) is 76.6 Å². The van der Waals surface area contributed by atoms with Crippen molar-refractivity contribution in [1.82, 2.24) is 24.5 Å². The van der Waals surface area contributed by atoms with Gasteiger partial charge in [0.15, 0.2) is 12.0 Å². The summed E-state index contributed by atoms with van der Waals surface area (Å²) < 4.78 is 21.0. The molecule has 0 amide bonds. The van der Waals surface area contributed by atoms with Gasteiger partial charge in [-0.1, -0.05) is 12.1 Å². The van der Waals surface area contributed by atoms with E-state index in [9.17, 15) is 14.7 Å². The first-order valence-corrected chi connectivity index (χ1v) is 9.55. The molecule has 11 nitrogen and oxygen atoms in total. The van der Waals surface area contributed by atoms with Crippen LogP contribution in [0.2, 0.25) is 0 Å². The fraction of sp³-hybridized carbons (Fsp3) is 0.667. The van der Waals surface area contributed by atoms with Gasteiger partial charge in [0.05, 0.1) is 12.7 Å². The summed E-state index contributed by atoms with van der Waals surface area (Å²) in [5, 5.41) is 18.5. The Morgan fingerprint density at radius 2 is 2.03 bits per heavy atom. The van der Waals surface area contributed by atoms with Crippen LogP contribution in [0.5, 0.6) is 0 Å². The maximum absolute atomic E-state index is 12.3. The number of aliphatic hydroxyl groups is 1. The topological polar surface area (TPSA) is 133 Å². The van der Waals surface area contributed by atoms with Crippen molar-refractivity contribution in [3.05, 3.63) is 45.0 Å². The zero-order valence-electron chi connectivity index (χ0n) is 16.7. The smallest absolute Gasteiger partial charge is 0.330 e. The van der Waals surface area contributed by atoms with Crippen LogP contribution in [0, 0.1) is 0 Å². The molecule has 29 heavy (non-hydrogen) atoms. The zero-order valence-corrected chi connectivity index (χ0v) is 16.7. The molecule has 2 aromatic rings. The summed E-state index contributed by atoms with van der Waals surface area (Å²) in [6.45, 7) is 7.42. The third-order valence-corrected chi connectivity index (χ3v) is 5.40. The van der Waals surface area contributed by atoms with Crippen molar-refractivity contribution in [3.63, 3.8) is 0 Å². The lowest BCUT2D eigenvalue weighted by molar-refractivity contribution is -0.198. The van der Waals surface area contributed by atoms with Gasteiger partial charge in [-0.25, -0.2) is 9.48 Å². The number of aromatic nitrogens is 5. The maximum atomic E-state index is 12.3. The molecule has 0 saturated carbocycles. The normalized spacial score (nSPS) is 30.2. The van der Waals surface area contributed by atoms with E-state index in [1.165, 1.54) is 16.8 Å². The molecule has 158 valence electrons. The molecule has 2 aliphatic rings. The average Bonchev–Trinajstić information content (AvgIpc) is 3.30. The van der Waals surface area contributed by atoms with Crippen LogP contribution in [0.25, 0.3) is 0 Å². The number of ether oxygens (including phenoxy) is 3. The fourth-order valence-corrected chi connectivity index (χ4v) is 3.66. The molecule has 11 heteroatoms. The van der Waals surface area contributed by atoms with E-state index in [0.29, 0.717) is 18.7 Å². The van der Waals surface area contributed by atoms with Gasteiger partial charge in [0, 0.05) is 12.3 Å². The SMILES string of the molecule is CCC(C)(O)c1cn(C[C@H]2O[C@@H](n3ccc(=O)[nH]c3=O)[C@@H]3OC(C)(C)O[C@@H]32)nn1. The van der Waals surface area contributed by atoms with Gasteiger partial charge in [-0.05, 0) is 27.2 Å². The molecule has 0 bridgehead atoms. The Morgan fingerprint density at radius 1 is 1.31 bits per heavy atom. The summed E-state index contributed by atoms with van der Waals surface area (Å²) in [6, 6.07) is 1.25. The van der Waals surface area contributed by atoms with E-state index in [4.69, 9.17) is 14.2 Å². The van der Waals surface area contributed by atoms with Crippen LogP contribution in [0.15, 0.2) is 28.0 Å². The van der Waals surface area contributed by atoms with Gasteiger partial charge in [-0.15, -0.1) is 5.10 Å². The van der Waals surface area contributed by atoms with Gasteiger partial charge in [-0.2, -0.15) is 0 Å². The lowest BCUT2D eigenvalue weighted by Gasteiger charge is -2.24. The van der Waals surface area contributed by atoms with Gasteiger partial charge >= 0.3 is 5.69 Å². The molecule has 5 atom stereocenters. The number of nitrogens with zero attached hydrogens (tertiary/aromatic N) is 4. The first kappa shape index (κ1) is 20.0. The molecule has 0 spiro atoms. The fourth-order valence-electron chi connectivity index (χ4n) is 3.66. The highest BCUT2D eigenvalue weighted by Gasteiger charge is 2.56. The molecule has 1 unspecified atom stereocenters. The Kier molecular flexibility index (Phi) is 4.73. The van der Waals surface area contributed by atoms with Crippen LogP contribution in [-0.2, 0) is 26.4 Å². The Bertz CT molecular complexity index is 1010. The van der Waals surface area contributed by atoms with Crippen molar-refractivity contribution >= 4 is 0 Å². The van der Waals surface area contributed by atoms with Gasteiger partial charge in [0.25, 0.3) is 5.56 Å². The molecule has 4 heterocycles. The van der Waals surface area contributed by atoms with Gasteiger partial charge in [0.2, 0.25) is 0 Å². The second kappa shape index (κ2) is 6.87. The predicted octanol–water partition coefficient (Wildman–Crippen LogP) is -0.137. The van der Waals surface area contributed by atoms with Crippen molar-refractivity contribution in [3.8, 4) is 0 Å². The highest BCUT2D eigenvalue weighted by Crippen LogP contribution is 2.43. The first-order valence-electron chi connectivity index (χ1n) is 9.55. The highest BCUT2D eigenvalue weighted by atomic mass is 16.8. The summed E-state index contributed by atoms with van der Waals surface area (Å²) in [6.07, 6.45) is 1.31. The lowest BCUT2D eigenvalue weighted by Crippen LogP contribution is -2.37. The summed E-state index contributed by atoms with van der Waals surface area (Å²) in [5.74, 6) is -0.846. The molecule has 0 radical (unpaired) electrons. The van der Waals surface area contributed by atoms with Crippen molar-refractivity contribution in [1.29, 1.82) is 0 Å². The van der Waals surface area contributed by atoms with E-state index in [2.05, 4.69) is 15.3 Å². The zero-order chi connectivity index (χ0) is 21.0. The Labute approximate surface area is 166 Å². The quantitative estimate of drug-likeness (QED) is 0.700. The number of hydrogen-bond acceptors (Lipinski definition) is 8. The van der Waals surface area contributed by atoms with Crippen LogP contribution in [0.3, 0.4) is 0 Å². The third-order valence-electron chi connectivity index (χ3n) is 5.40. The molecule has 4 rings (SSSR count). The largest absolute Gasteiger partial charge is 0.384 e. The number of H-pyrrole nitrogens is 1. The molecule has 2 aromatic heterocycles. The monoisotopic (exact) mass is 407 g/mol. The number of rotatable bonds is 5. The molecule has 2 saturated heterocycles. The molecule has 0 aliphatic carbocycles. The Hall–Kier alpha value is -2.34. The standard InChI is InChI=1S/C18H25N5O6/c1-5-18(4,26)11-9-22(21-20-11)8-10-13-14(29-17(2,3)28-13)15(27-10)23-7-6-12(24)19-16(23)25/h6-7,9-10,13-15,26H,5,8H2,1-4H3,(H,19,24,25)/t10-,13-,14-,15-,18?/m1/s1. The summed E-state index contributed by atoms with van der Waals surface area (Å²) in [4.78, 5) is 25.9. The Morgan fingerprint density at radius 3 is 2.72 bits per heavy atom. The predicted molar refractivity (Wildman–Crippen MR) is 98.9 cm³/mol. The van der Waals surface area contributed by atoms with Crippen molar-refractivity contribution in [2.75, 3.05) is 0 Å². The third kappa shape index (κ3) is 3.66. The minimum Gasteiger partial charge on any atom is -0.384 e. The minimum absolute atomic E-state index is 0.294. The highest BCUT2D eigenvalue weighted by molar-refractivity contribution is 5.05. The van der Waals surface area contributed by atoms with Gasteiger partial charge in [-0.3, -0.25) is 14.3 Å². The number of nitrogens with one attached hydrogen (secondary N) is 1. The minimum atomic E-state index is -1.07. The lowest BCUT2D eigenvalue weighted by atomic mass is 10.0. The molecule has 2 fully saturated rings. The van der Waals surface area contributed by atoms with E-state index in [1.807, 2.05) is 6.92 Å². The maximum Gasteiger partial charge on any atom is 0.330 e. The second-order valence-corrected chi connectivity index (χ2v) is 8.10. The second-order valence-electron chi connectivity index (χ2n) is 8.10. The summed E-state index contributed by atoms with van der Waals surface area (Å²) in [7, 11) is 0. The first-order chi connectivity index (χ1) is 13.6. The van der Waals surface area contributed by atoms with Crippen LogP contribution >= 0.6 is 0 Å². The number of aromatic amines is 1. The van der Waals surface area contributed by atoms with E-state index in [1.54, 1.807) is 31.6 Å². The average molecular weight is 407 g/mol. The van der Waals surface area contributed by atoms with Crippen LogP contribution in [-0.4, -0.2) is 53.8 Å². The molecule has 0 aromatic carbocycles. The molecule has 2 N–H and O–H groups in total. The Balaban J connectivity index is 1.61. The molecular weight excluding hydrogens is 382 g/mol. The molecule has 2 aliphatic heterocycles. The summed E-state index contributed by atoms with van der Waals surface area (Å²) in [5.41, 5.74) is -1.68. The van der Waals surface area contributed by atoms with Crippen molar-refractivity contribution < 1.29 is 19.3 Å². The van der Waals surface area contributed by atoms with E-state index in [0.717, 1.165) is 0 Å². The summed E-state index contributed by atoms with van der Waals surface area (Å²) >= 11 is 0. The van der Waals surface area contributed by atoms with Crippen LogP contribution in [0.4, 0.5) is 0 Å². The van der Waals surface area contributed by atoms with Gasteiger partial charge in [0.1, 0.15) is 29.6 Å². The van der Waals surface area contributed by atoms with Crippen LogP contribution in [0.1, 0.15) is 46.0 Å². The van der Waals surface area contributed by atoms with E-state index < -0.39 is 47.2 Å². The number of hydrogen-bond donors (Lipinski definition) is 2. The molecular formula is C18H25N5O6. The van der Waals surface area contributed by atoms with Gasteiger partial charge < -0.3 is 19.3 Å². The van der Waals surface area contributed by atoms with Crippen molar-refractivity contribution in [2.24, 2.45) is 0 Å². The number of fused-ring (bicyclic) bond motifs is 1. The van der Waals surface area contributed by atoms with E-state index >= 15 is 0 Å².